The maximum Gasteiger partial charge on any atom is 0.275 e. The Labute approximate surface area is 91.5 Å². The standard InChI is InChI=1S/C11H10N2OS/c12-13-11(14)10-9(6-7-15-10)8-4-2-1-3-5-8/h1-7H,12H2,(H,13,14). The summed E-state index contributed by atoms with van der Waals surface area (Å²) in [5.41, 5.74) is 4.09. The monoisotopic (exact) mass is 218 g/mol. The molecule has 1 amide bonds. The van der Waals surface area contributed by atoms with Crippen LogP contribution in [-0.4, -0.2) is 5.91 Å². The highest BCUT2D eigenvalue weighted by atomic mass is 32.1. The molecule has 0 fully saturated rings. The Bertz CT molecular complexity index is 464. The largest absolute Gasteiger partial charge is 0.289 e. The minimum absolute atomic E-state index is 0.246. The first-order chi connectivity index (χ1) is 7.33. The van der Waals surface area contributed by atoms with Gasteiger partial charge in [-0.05, 0) is 17.0 Å². The van der Waals surface area contributed by atoms with Gasteiger partial charge in [-0.1, -0.05) is 30.3 Å². The second kappa shape index (κ2) is 4.25. The molecule has 4 heteroatoms. The summed E-state index contributed by atoms with van der Waals surface area (Å²) >= 11 is 1.39. The van der Waals surface area contributed by atoms with Gasteiger partial charge in [-0.15, -0.1) is 11.3 Å². The fourth-order valence-electron chi connectivity index (χ4n) is 1.40. The molecule has 0 bridgehead atoms. The maximum absolute atomic E-state index is 11.4. The second-order valence-electron chi connectivity index (χ2n) is 3.00. The van der Waals surface area contributed by atoms with E-state index in [0.717, 1.165) is 11.1 Å². The summed E-state index contributed by atoms with van der Waals surface area (Å²) in [7, 11) is 0. The van der Waals surface area contributed by atoms with Crippen LogP contribution < -0.4 is 11.3 Å². The van der Waals surface area contributed by atoms with Crippen LogP contribution >= 0.6 is 11.3 Å². The zero-order chi connectivity index (χ0) is 10.7. The van der Waals surface area contributed by atoms with Crippen LogP contribution in [-0.2, 0) is 0 Å². The number of thiophene rings is 1. The number of hydrogen-bond acceptors (Lipinski definition) is 3. The lowest BCUT2D eigenvalue weighted by Crippen LogP contribution is -2.29. The van der Waals surface area contributed by atoms with Crippen LogP contribution in [0, 0.1) is 0 Å². The first-order valence-electron chi connectivity index (χ1n) is 4.47. The number of nitrogens with two attached hydrogens (primary N) is 1. The van der Waals surface area contributed by atoms with Crippen LogP contribution in [0.4, 0.5) is 0 Å². The van der Waals surface area contributed by atoms with Crippen molar-refractivity contribution in [3.63, 3.8) is 0 Å². The predicted octanol–water partition coefficient (Wildman–Crippen LogP) is 2.02. The van der Waals surface area contributed by atoms with Crippen LogP contribution in [0.1, 0.15) is 9.67 Å². The Morgan fingerprint density at radius 1 is 1.20 bits per heavy atom. The Morgan fingerprint density at radius 3 is 2.60 bits per heavy atom. The van der Waals surface area contributed by atoms with E-state index in [1.165, 1.54) is 11.3 Å². The molecule has 0 aliphatic rings. The highest BCUT2D eigenvalue weighted by Crippen LogP contribution is 2.27. The van der Waals surface area contributed by atoms with Crippen molar-refractivity contribution < 1.29 is 4.79 Å². The molecule has 0 unspecified atom stereocenters. The van der Waals surface area contributed by atoms with Crippen LogP contribution in [0.5, 0.6) is 0 Å². The number of hydrogen-bond donors (Lipinski definition) is 2. The van der Waals surface area contributed by atoms with Crippen molar-refractivity contribution in [3.8, 4) is 11.1 Å². The molecular formula is C11H10N2OS. The SMILES string of the molecule is NNC(=O)c1sccc1-c1ccccc1. The Balaban J connectivity index is 2.46. The van der Waals surface area contributed by atoms with E-state index in [-0.39, 0.29) is 5.91 Å². The van der Waals surface area contributed by atoms with Gasteiger partial charge in [-0.25, -0.2) is 5.84 Å². The van der Waals surface area contributed by atoms with Gasteiger partial charge in [0.2, 0.25) is 0 Å². The van der Waals surface area contributed by atoms with E-state index in [2.05, 4.69) is 5.43 Å². The Hall–Kier alpha value is -1.65. The summed E-state index contributed by atoms with van der Waals surface area (Å²) in [6.07, 6.45) is 0. The molecule has 15 heavy (non-hydrogen) atoms. The third kappa shape index (κ3) is 1.91. The second-order valence-corrected chi connectivity index (χ2v) is 3.92. The van der Waals surface area contributed by atoms with E-state index < -0.39 is 0 Å². The van der Waals surface area contributed by atoms with Gasteiger partial charge in [0, 0.05) is 5.56 Å². The molecule has 1 heterocycles. The quantitative estimate of drug-likeness (QED) is 0.460. The zero-order valence-electron chi connectivity index (χ0n) is 7.94. The first-order valence-corrected chi connectivity index (χ1v) is 5.34. The van der Waals surface area contributed by atoms with Gasteiger partial charge in [-0.2, -0.15) is 0 Å². The average molecular weight is 218 g/mol. The van der Waals surface area contributed by atoms with E-state index >= 15 is 0 Å². The van der Waals surface area contributed by atoms with E-state index in [9.17, 15) is 4.79 Å². The van der Waals surface area contributed by atoms with Crippen molar-refractivity contribution in [2.75, 3.05) is 0 Å². The molecule has 0 atom stereocenters. The van der Waals surface area contributed by atoms with Gasteiger partial charge < -0.3 is 0 Å². The molecule has 2 aromatic rings. The molecule has 0 aliphatic carbocycles. The number of nitrogen functional groups attached to an aromatic ring is 1. The summed E-state index contributed by atoms with van der Waals surface area (Å²) in [5.74, 6) is 4.87. The van der Waals surface area contributed by atoms with Gasteiger partial charge >= 0.3 is 0 Å². The van der Waals surface area contributed by atoms with Gasteiger partial charge in [0.1, 0.15) is 4.88 Å². The molecule has 0 saturated carbocycles. The van der Waals surface area contributed by atoms with E-state index in [1.54, 1.807) is 0 Å². The molecule has 0 spiro atoms. The Kier molecular flexibility index (Phi) is 2.80. The molecule has 1 aromatic heterocycles. The highest BCUT2D eigenvalue weighted by Gasteiger charge is 2.12. The summed E-state index contributed by atoms with van der Waals surface area (Å²) < 4.78 is 0. The lowest BCUT2D eigenvalue weighted by molar-refractivity contribution is 0.0958. The molecule has 2 rings (SSSR count). The van der Waals surface area contributed by atoms with Crippen LogP contribution in [0.3, 0.4) is 0 Å². The normalized spacial score (nSPS) is 9.93. The molecule has 3 nitrogen and oxygen atoms in total. The molecular weight excluding hydrogens is 208 g/mol. The molecule has 76 valence electrons. The Morgan fingerprint density at radius 2 is 1.93 bits per heavy atom. The zero-order valence-corrected chi connectivity index (χ0v) is 8.75. The van der Waals surface area contributed by atoms with E-state index in [1.807, 2.05) is 41.8 Å². The van der Waals surface area contributed by atoms with Gasteiger partial charge in [0.05, 0.1) is 0 Å². The van der Waals surface area contributed by atoms with E-state index in [0.29, 0.717) is 4.88 Å². The van der Waals surface area contributed by atoms with Crippen LogP contribution in [0.2, 0.25) is 0 Å². The topological polar surface area (TPSA) is 55.1 Å². The fraction of sp³-hybridized carbons (Fsp3) is 0. The number of rotatable bonds is 2. The summed E-state index contributed by atoms with van der Waals surface area (Å²) in [6.45, 7) is 0. The van der Waals surface area contributed by atoms with Crippen molar-refractivity contribution in [2.45, 2.75) is 0 Å². The lowest BCUT2D eigenvalue weighted by Gasteiger charge is -2.01. The molecule has 0 aliphatic heterocycles. The summed E-state index contributed by atoms with van der Waals surface area (Å²) in [6, 6.07) is 11.7. The highest BCUT2D eigenvalue weighted by molar-refractivity contribution is 7.12. The average Bonchev–Trinajstić information content (AvgIpc) is 2.78. The number of benzene rings is 1. The smallest absolute Gasteiger partial charge is 0.275 e. The first kappa shape index (κ1) is 9.89. The van der Waals surface area contributed by atoms with Gasteiger partial charge in [0.15, 0.2) is 0 Å². The minimum Gasteiger partial charge on any atom is -0.289 e. The number of amides is 1. The number of nitrogens with one attached hydrogen (secondary N) is 1. The summed E-state index contributed by atoms with van der Waals surface area (Å²) in [4.78, 5) is 12.1. The predicted molar refractivity (Wildman–Crippen MR) is 61.4 cm³/mol. The molecule has 1 aromatic carbocycles. The lowest BCUT2D eigenvalue weighted by atomic mass is 10.1. The fourth-order valence-corrected chi connectivity index (χ4v) is 2.21. The van der Waals surface area contributed by atoms with Crippen molar-refractivity contribution in [1.29, 1.82) is 0 Å². The third-order valence-corrected chi connectivity index (χ3v) is 3.00. The summed E-state index contributed by atoms with van der Waals surface area (Å²) in [5, 5.41) is 1.88. The number of carbonyl (C=O) groups excluding carboxylic acids is 1. The molecule has 3 N–H and O–H groups in total. The van der Waals surface area contributed by atoms with Crippen molar-refractivity contribution >= 4 is 17.2 Å². The van der Waals surface area contributed by atoms with E-state index in [4.69, 9.17) is 5.84 Å². The van der Waals surface area contributed by atoms with Crippen molar-refractivity contribution in [1.82, 2.24) is 5.43 Å². The minimum atomic E-state index is -0.246. The molecule has 0 saturated heterocycles. The maximum atomic E-state index is 11.4. The van der Waals surface area contributed by atoms with Crippen molar-refractivity contribution in [3.05, 3.63) is 46.7 Å². The van der Waals surface area contributed by atoms with Crippen LogP contribution in [0.15, 0.2) is 41.8 Å². The molecule has 0 radical (unpaired) electrons. The van der Waals surface area contributed by atoms with Gasteiger partial charge in [0.25, 0.3) is 5.91 Å². The van der Waals surface area contributed by atoms with Crippen LogP contribution in [0.25, 0.3) is 11.1 Å². The van der Waals surface area contributed by atoms with Crippen molar-refractivity contribution in [2.24, 2.45) is 5.84 Å². The number of carbonyl (C=O) groups is 1. The van der Waals surface area contributed by atoms with Gasteiger partial charge in [-0.3, -0.25) is 10.2 Å². The third-order valence-electron chi connectivity index (χ3n) is 2.09. The number of hydrazine groups is 1.